The number of nitrogens with zero attached hydrogens (tertiary/aromatic N) is 2. The van der Waals surface area contributed by atoms with Gasteiger partial charge in [0.05, 0.1) is 29.0 Å². The topological polar surface area (TPSA) is 183 Å². The largest absolute Gasteiger partial charge is 0.318 e. The molecule has 0 bridgehead atoms. The zero-order valence-corrected chi connectivity index (χ0v) is 21.8. The highest BCUT2D eigenvalue weighted by Crippen LogP contribution is 2.44. The van der Waals surface area contributed by atoms with E-state index in [1.807, 2.05) is 42.5 Å². The minimum absolute atomic E-state index is 0.0283. The van der Waals surface area contributed by atoms with Gasteiger partial charge in [0.15, 0.2) is 0 Å². The summed E-state index contributed by atoms with van der Waals surface area (Å²) >= 11 is 1.19. The van der Waals surface area contributed by atoms with E-state index >= 15 is 0 Å². The Bertz CT molecular complexity index is 1880. The highest BCUT2D eigenvalue weighted by Gasteiger charge is 2.41. The molecule has 0 spiro atoms. The summed E-state index contributed by atoms with van der Waals surface area (Å²) in [5.41, 5.74) is 9.81. The minimum Gasteiger partial charge on any atom is -0.318 e. The maximum atomic E-state index is 12.1. The predicted molar refractivity (Wildman–Crippen MR) is 146 cm³/mol. The van der Waals surface area contributed by atoms with Crippen molar-refractivity contribution in [3.05, 3.63) is 78.4 Å². The second-order valence-electron chi connectivity index (χ2n) is 8.66. The molecular formula is C25H20N4O6S3. The molecule has 0 aliphatic carbocycles. The second-order valence-corrected chi connectivity index (χ2v) is 12.6. The molecule has 5 N–H and O–H groups in total. The Morgan fingerprint density at radius 3 is 2.26 bits per heavy atom. The van der Waals surface area contributed by atoms with Crippen molar-refractivity contribution in [2.45, 2.75) is 21.1 Å². The zero-order valence-electron chi connectivity index (χ0n) is 19.4. The average Bonchev–Trinajstić information content (AvgIpc) is 3.20. The molecular weight excluding hydrogens is 548 g/mol. The van der Waals surface area contributed by atoms with Crippen LogP contribution in [-0.4, -0.2) is 36.4 Å². The Hall–Kier alpha value is -3.51. The number of nitrogens with one attached hydrogen (secondary N) is 1. The van der Waals surface area contributed by atoms with Gasteiger partial charge in [-0.2, -0.15) is 27.2 Å². The van der Waals surface area contributed by atoms with Crippen LogP contribution >= 0.6 is 11.8 Å². The number of hydrazone groups is 1. The van der Waals surface area contributed by atoms with Crippen LogP contribution < -0.4 is 11.2 Å². The molecule has 0 amide bonds. The van der Waals surface area contributed by atoms with Gasteiger partial charge in [0.25, 0.3) is 20.2 Å². The Balaban J connectivity index is 1.62. The first-order valence-corrected chi connectivity index (χ1v) is 14.9. The van der Waals surface area contributed by atoms with Crippen LogP contribution in [-0.2, 0) is 20.2 Å². The van der Waals surface area contributed by atoms with Gasteiger partial charge in [-0.1, -0.05) is 66.4 Å². The lowest BCUT2D eigenvalue weighted by Crippen LogP contribution is -2.24. The van der Waals surface area contributed by atoms with E-state index in [1.165, 1.54) is 30.0 Å². The fourth-order valence-electron chi connectivity index (χ4n) is 4.57. The van der Waals surface area contributed by atoms with Crippen molar-refractivity contribution >= 4 is 64.3 Å². The van der Waals surface area contributed by atoms with E-state index in [4.69, 9.17) is 5.73 Å². The summed E-state index contributed by atoms with van der Waals surface area (Å²) < 4.78 is 67.6. The SMILES string of the molecule is N#CC1C(N)S/C(=N\Nc2cc(S(=O)(=O)O)c3cccc(S(=O)(=O)O)c3c2)C1c1ccc2ccccc2c1. The molecule has 1 aliphatic rings. The fraction of sp³-hybridized carbons (Fsp3) is 0.120. The summed E-state index contributed by atoms with van der Waals surface area (Å²) in [5, 5.41) is 15.9. The number of nitriles is 1. The van der Waals surface area contributed by atoms with Crippen LogP contribution in [0.15, 0.2) is 87.7 Å². The third-order valence-electron chi connectivity index (χ3n) is 6.29. The van der Waals surface area contributed by atoms with Gasteiger partial charge in [-0.25, -0.2) is 0 Å². The predicted octanol–water partition coefficient (Wildman–Crippen LogP) is 4.17. The van der Waals surface area contributed by atoms with Gasteiger partial charge in [0, 0.05) is 10.8 Å². The van der Waals surface area contributed by atoms with Gasteiger partial charge < -0.3 is 5.73 Å². The molecule has 0 aromatic heterocycles. The molecule has 1 saturated heterocycles. The molecule has 1 fully saturated rings. The highest BCUT2D eigenvalue weighted by molar-refractivity contribution is 8.15. The van der Waals surface area contributed by atoms with Gasteiger partial charge in [0.2, 0.25) is 0 Å². The van der Waals surface area contributed by atoms with E-state index in [0.29, 0.717) is 5.04 Å². The quantitative estimate of drug-likeness (QED) is 0.201. The molecule has 5 rings (SSSR count). The Morgan fingerprint density at radius 1 is 0.868 bits per heavy atom. The lowest BCUT2D eigenvalue weighted by atomic mass is 9.87. The normalized spacial score (nSPS) is 21.1. The molecule has 1 aliphatic heterocycles. The number of nitrogens with two attached hydrogens (primary N) is 1. The molecule has 194 valence electrons. The van der Waals surface area contributed by atoms with Crippen molar-refractivity contribution in [2.75, 3.05) is 5.43 Å². The van der Waals surface area contributed by atoms with Crippen LogP contribution in [0, 0.1) is 17.2 Å². The first kappa shape index (κ1) is 26.1. The lowest BCUT2D eigenvalue weighted by molar-refractivity contribution is 0.481. The maximum Gasteiger partial charge on any atom is 0.295 e. The number of fused-ring (bicyclic) bond motifs is 2. The van der Waals surface area contributed by atoms with Gasteiger partial charge in [-0.05, 0) is 34.5 Å². The molecule has 10 nitrogen and oxygen atoms in total. The molecule has 3 unspecified atom stereocenters. The zero-order chi connectivity index (χ0) is 27.2. The summed E-state index contributed by atoms with van der Waals surface area (Å²) in [6.07, 6.45) is 0. The van der Waals surface area contributed by atoms with Crippen molar-refractivity contribution in [2.24, 2.45) is 16.8 Å². The van der Waals surface area contributed by atoms with E-state index in [-0.39, 0.29) is 16.5 Å². The van der Waals surface area contributed by atoms with E-state index in [1.54, 1.807) is 0 Å². The number of rotatable bonds is 5. The Kier molecular flexibility index (Phi) is 6.64. The summed E-state index contributed by atoms with van der Waals surface area (Å²) in [5.74, 6) is -1.08. The Morgan fingerprint density at radius 2 is 1.58 bits per heavy atom. The van der Waals surface area contributed by atoms with Gasteiger partial charge in [-0.3, -0.25) is 14.5 Å². The summed E-state index contributed by atoms with van der Waals surface area (Å²) in [6.45, 7) is 0. The molecule has 38 heavy (non-hydrogen) atoms. The van der Waals surface area contributed by atoms with E-state index < -0.39 is 47.2 Å². The van der Waals surface area contributed by atoms with Gasteiger partial charge >= 0.3 is 0 Å². The Labute approximate surface area is 222 Å². The average molecular weight is 569 g/mol. The van der Waals surface area contributed by atoms with E-state index in [9.17, 15) is 31.2 Å². The number of hydrogen-bond donors (Lipinski definition) is 4. The lowest BCUT2D eigenvalue weighted by Gasteiger charge is -2.16. The van der Waals surface area contributed by atoms with Crippen molar-refractivity contribution in [1.29, 1.82) is 5.26 Å². The summed E-state index contributed by atoms with van der Waals surface area (Å²) in [6, 6.07) is 21.9. The first-order chi connectivity index (χ1) is 18.0. The van der Waals surface area contributed by atoms with Gasteiger partial charge in [0.1, 0.15) is 14.8 Å². The summed E-state index contributed by atoms with van der Waals surface area (Å²) in [4.78, 5) is -1.10. The molecule has 0 radical (unpaired) electrons. The van der Waals surface area contributed by atoms with Crippen LogP contribution in [0.4, 0.5) is 5.69 Å². The monoisotopic (exact) mass is 568 g/mol. The molecule has 13 heteroatoms. The van der Waals surface area contributed by atoms with Crippen molar-refractivity contribution in [3.63, 3.8) is 0 Å². The number of anilines is 1. The van der Waals surface area contributed by atoms with Crippen molar-refractivity contribution in [3.8, 4) is 6.07 Å². The smallest absolute Gasteiger partial charge is 0.295 e. The molecule has 1 heterocycles. The van der Waals surface area contributed by atoms with Crippen LogP contribution in [0.1, 0.15) is 11.5 Å². The minimum atomic E-state index is -4.78. The highest BCUT2D eigenvalue weighted by atomic mass is 32.2. The number of benzene rings is 4. The van der Waals surface area contributed by atoms with E-state index in [2.05, 4.69) is 16.6 Å². The molecule has 4 aromatic carbocycles. The molecule has 0 saturated carbocycles. The second kappa shape index (κ2) is 9.66. The third kappa shape index (κ3) is 4.85. The maximum absolute atomic E-state index is 12.1. The first-order valence-electron chi connectivity index (χ1n) is 11.1. The molecule has 3 atom stereocenters. The number of hydrogen-bond acceptors (Lipinski definition) is 9. The number of thioether (sulfide) groups is 1. The van der Waals surface area contributed by atoms with Crippen molar-refractivity contribution < 1.29 is 25.9 Å². The van der Waals surface area contributed by atoms with Crippen LogP contribution in [0.25, 0.3) is 21.5 Å². The van der Waals surface area contributed by atoms with E-state index in [0.717, 1.165) is 28.5 Å². The van der Waals surface area contributed by atoms with Crippen molar-refractivity contribution in [1.82, 2.24) is 0 Å². The van der Waals surface area contributed by atoms with Crippen LogP contribution in [0.5, 0.6) is 0 Å². The van der Waals surface area contributed by atoms with Crippen LogP contribution in [0.3, 0.4) is 0 Å². The third-order valence-corrected chi connectivity index (χ3v) is 9.24. The summed E-state index contributed by atoms with van der Waals surface area (Å²) in [7, 11) is -9.50. The fourth-order valence-corrected chi connectivity index (χ4v) is 7.17. The van der Waals surface area contributed by atoms with Gasteiger partial charge in [-0.15, -0.1) is 0 Å². The molecule has 4 aromatic rings. The van der Waals surface area contributed by atoms with Crippen LogP contribution in [0.2, 0.25) is 0 Å². The standard InChI is InChI=1S/C25H20N4O6S3/c26-13-20-23(16-9-8-14-4-1-2-5-15(14)10-16)25(36-24(20)27)29-28-17-11-19-18(22(12-17)38(33,34)35)6-3-7-21(19)37(30,31)32/h1-12,20,23-24,28H,27H2,(H,30,31,32)(H,33,34,35)/b29-25-.